The third kappa shape index (κ3) is 2.70. The number of anilines is 1. The molecular weight excluding hydrogens is 220 g/mol. The molecule has 0 amide bonds. The number of hydrogen-bond acceptors (Lipinski definition) is 2. The smallest absolute Gasteiger partial charge is 0.140 e. The van der Waals surface area contributed by atoms with Crippen LogP contribution < -0.4 is 5.32 Å². The summed E-state index contributed by atoms with van der Waals surface area (Å²) in [4.78, 5) is 0. The maximum atomic E-state index is 9.34. The highest BCUT2D eigenvalue weighted by Gasteiger charge is 2.12. The molecule has 0 fully saturated rings. The molecule has 2 rings (SSSR count). The van der Waals surface area contributed by atoms with Crippen LogP contribution in [0.5, 0.6) is 0 Å². The van der Waals surface area contributed by atoms with Crippen molar-refractivity contribution in [2.24, 2.45) is 0 Å². The first-order valence-corrected chi connectivity index (χ1v) is 5.99. The number of hydrogen-bond donors (Lipinski definition) is 1. The van der Waals surface area contributed by atoms with Gasteiger partial charge in [-0.25, -0.2) is 0 Å². The summed E-state index contributed by atoms with van der Waals surface area (Å²) in [5.41, 5.74) is 4.31. The molecule has 1 unspecified atom stereocenters. The van der Waals surface area contributed by atoms with Crippen LogP contribution in [0.25, 0.3) is 0 Å². The predicted octanol–water partition coefficient (Wildman–Crippen LogP) is 3.98. The van der Waals surface area contributed by atoms with Crippen LogP contribution in [0.15, 0.2) is 48.5 Å². The van der Waals surface area contributed by atoms with Gasteiger partial charge in [-0.05, 0) is 37.1 Å². The number of benzene rings is 2. The van der Waals surface area contributed by atoms with E-state index >= 15 is 0 Å². The van der Waals surface area contributed by atoms with Gasteiger partial charge in [-0.1, -0.05) is 42.0 Å². The summed E-state index contributed by atoms with van der Waals surface area (Å²) in [6.45, 7) is 4.08. The molecule has 2 heteroatoms. The molecule has 0 heterocycles. The zero-order chi connectivity index (χ0) is 13.0. The molecule has 0 bridgehead atoms. The lowest BCUT2D eigenvalue weighted by molar-refractivity contribution is 0.978. The molecular formula is C16H16N2. The van der Waals surface area contributed by atoms with Crippen LogP contribution in [-0.4, -0.2) is 0 Å². The molecule has 0 aliphatic rings. The van der Waals surface area contributed by atoms with Crippen molar-refractivity contribution in [3.63, 3.8) is 0 Å². The summed E-state index contributed by atoms with van der Waals surface area (Å²) in [7, 11) is 0. The predicted molar refractivity (Wildman–Crippen MR) is 74.3 cm³/mol. The van der Waals surface area contributed by atoms with Crippen molar-refractivity contribution < 1.29 is 0 Å². The maximum absolute atomic E-state index is 9.34. The standard InChI is InChI=1S/C16H16N2/c1-12-8-9-13(2)15(10-12)16(11-17)18-14-6-4-3-5-7-14/h3-10,16,18H,1-2H3. The molecule has 2 aromatic rings. The number of aryl methyl sites for hydroxylation is 2. The van der Waals surface area contributed by atoms with E-state index in [2.05, 4.69) is 29.6 Å². The molecule has 0 aliphatic carbocycles. The summed E-state index contributed by atoms with van der Waals surface area (Å²) in [5.74, 6) is 0. The molecule has 0 radical (unpaired) electrons. The minimum absolute atomic E-state index is 0.313. The van der Waals surface area contributed by atoms with Crippen LogP contribution in [0.1, 0.15) is 22.7 Å². The molecule has 0 aliphatic heterocycles. The largest absolute Gasteiger partial charge is 0.366 e. The fourth-order valence-electron chi connectivity index (χ4n) is 1.95. The topological polar surface area (TPSA) is 35.8 Å². The van der Waals surface area contributed by atoms with Gasteiger partial charge in [-0.3, -0.25) is 0 Å². The highest BCUT2D eigenvalue weighted by molar-refractivity contribution is 5.49. The number of nitriles is 1. The van der Waals surface area contributed by atoms with Gasteiger partial charge < -0.3 is 5.32 Å². The quantitative estimate of drug-likeness (QED) is 0.875. The second-order valence-electron chi connectivity index (χ2n) is 4.43. The Morgan fingerprint density at radius 1 is 1.06 bits per heavy atom. The lowest BCUT2D eigenvalue weighted by atomic mass is 9.99. The SMILES string of the molecule is Cc1ccc(C)c(C(C#N)Nc2ccccc2)c1. The first-order chi connectivity index (χ1) is 8.70. The highest BCUT2D eigenvalue weighted by atomic mass is 14.9. The van der Waals surface area contributed by atoms with Crippen LogP contribution in [0, 0.1) is 25.2 Å². The molecule has 0 aromatic heterocycles. The van der Waals surface area contributed by atoms with E-state index in [0.717, 1.165) is 16.8 Å². The summed E-state index contributed by atoms with van der Waals surface area (Å²) in [5, 5.41) is 12.6. The van der Waals surface area contributed by atoms with Crippen LogP contribution in [-0.2, 0) is 0 Å². The maximum Gasteiger partial charge on any atom is 0.140 e. The lowest BCUT2D eigenvalue weighted by Crippen LogP contribution is -2.10. The van der Waals surface area contributed by atoms with E-state index < -0.39 is 0 Å². The van der Waals surface area contributed by atoms with E-state index in [0.29, 0.717) is 0 Å². The zero-order valence-corrected chi connectivity index (χ0v) is 10.6. The Balaban J connectivity index is 2.29. The second-order valence-corrected chi connectivity index (χ2v) is 4.43. The van der Waals surface area contributed by atoms with E-state index in [1.54, 1.807) is 0 Å². The normalized spacial score (nSPS) is 11.6. The van der Waals surface area contributed by atoms with Crippen molar-refractivity contribution >= 4 is 5.69 Å². The van der Waals surface area contributed by atoms with Crippen LogP contribution >= 0.6 is 0 Å². The average molecular weight is 236 g/mol. The van der Waals surface area contributed by atoms with Gasteiger partial charge in [0.05, 0.1) is 6.07 Å². The van der Waals surface area contributed by atoms with Crippen molar-refractivity contribution in [2.45, 2.75) is 19.9 Å². The fourth-order valence-corrected chi connectivity index (χ4v) is 1.95. The second kappa shape index (κ2) is 5.37. The molecule has 2 aromatic carbocycles. The third-order valence-electron chi connectivity index (χ3n) is 2.96. The first kappa shape index (κ1) is 12.2. The van der Waals surface area contributed by atoms with E-state index in [1.807, 2.05) is 44.2 Å². The van der Waals surface area contributed by atoms with E-state index in [4.69, 9.17) is 0 Å². The molecule has 1 N–H and O–H groups in total. The zero-order valence-electron chi connectivity index (χ0n) is 10.6. The van der Waals surface area contributed by atoms with Crippen molar-refractivity contribution in [1.82, 2.24) is 0 Å². The van der Waals surface area contributed by atoms with E-state index in [1.165, 1.54) is 5.56 Å². The number of para-hydroxylation sites is 1. The van der Waals surface area contributed by atoms with Crippen LogP contribution in [0.3, 0.4) is 0 Å². The Hall–Kier alpha value is -2.27. The average Bonchev–Trinajstić information content (AvgIpc) is 2.40. The highest BCUT2D eigenvalue weighted by Crippen LogP contribution is 2.22. The number of nitrogens with zero attached hydrogens (tertiary/aromatic N) is 1. The molecule has 0 saturated heterocycles. The van der Waals surface area contributed by atoms with E-state index in [9.17, 15) is 5.26 Å². The molecule has 0 saturated carbocycles. The Labute approximate surface area is 108 Å². The van der Waals surface area contributed by atoms with Gasteiger partial charge in [0.15, 0.2) is 0 Å². The van der Waals surface area contributed by atoms with Crippen molar-refractivity contribution in [3.05, 3.63) is 65.2 Å². The molecule has 90 valence electrons. The summed E-state index contributed by atoms with van der Waals surface area (Å²) < 4.78 is 0. The van der Waals surface area contributed by atoms with Gasteiger partial charge in [0.1, 0.15) is 6.04 Å². The van der Waals surface area contributed by atoms with Crippen molar-refractivity contribution in [1.29, 1.82) is 5.26 Å². The monoisotopic (exact) mass is 236 g/mol. The van der Waals surface area contributed by atoms with Crippen molar-refractivity contribution in [3.8, 4) is 6.07 Å². The van der Waals surface area contributed by atoms with Gasteiger partial charge in [-0.15, -0.1) is 0 Å². The fraction of sp³-hybridized carbons (Fsp3) is 0.188. The third-order valence-corrected chi connectivity index (χ3v) is 2.96. The minimum atomic E-state index is -0.313. The Morgan fingerprint density at radius 3 is 2.44 bits per heavy atom. The minimum Gasteiger partial charge on any atom is -0.366 e. The summed E-state index contributed by atoms with van der Waals surface area (Å²) in [6.07, 6.45) is 0. The van der Waals surface area contributed by atoms with Crippen LogP contribution in [0.2, 0.25) is 0 Å². The Bertz CT molecular complexity index is 567. The Kier molecular flexibility index (Phi) is 3.64. The van der Waals surface area contributed by atoms with Gasteiger partial charge in [0, 0.05) is 5.69 Å². The summed E-state index contributed by atoms with van der Waals surface area (Å²) in [6, 6.07) is 18.0. The molecule has 1 atom stereocenters. The molecule has 18 heavy (non-hydrogen) atoms. The van der Waals surface area contributed by atoms with Crippen molar-refractivity contribution in [2.75, 3.05) is 5.32 Å². The van der Waals surface area contributed by atoms with Gasteiger partial charge in [-0.2, -0.15) is 5.26 Å². The van der Waals surface area contributed by atoms with Gasteiger partial charge in [0.2, 0.25) is 0 Å². The number of nitrogens with one attached hydrogen (secondary N) is 1. The number of rotatable bonds is 3. The van der Waals surface area contributed by atoms with Gasteiger partial charge >= 0.3 is 0 Å². The Morgan fingerprint density at radius 2 is 1.78 bits per heavy atom. The molecule has 2 nitrogen and oxygen atoms in total. The molecule has 0 spiro atoms. The first-order valence-electron chi connectivity index (χ1n) is 5.99. The van der Waals surface area contributed by atoms with Crippen LogP contribution in [0.4, 0.5) is 5.69 Å². The van der Waals surface area contributed by atoms with E-state index in [-0.39, 0.29) is 6.04 Å². The summed E-state index contributed by atoms with van der Waals surface area (Å²) >= 11 is 0. The van der Waals surface area contributed by atoms with Gasteiger partial charge in [0.25, 0.3) is 0 Å². The lowest BCUT2D eigenvalue weighted by Gasteiger charge is -2.16.